The molecule has 0 radical (unpaired) electrons. The van der Waals surface area contributed by atoms with E-state index in [2.05, 4.69) is 10.1 Å². The van der Waals surface area contributed by atoms with Gasteiger partial charge in [0.2, 0.25) is 0 Å². The third-order valence-electron chi connectivity index (χ3n) is 6.98. The number of nitrogens with one attached hydrogen (secondary N) is 1. The smallest absolute Gasteiger partial charge is 0.352 e. The van der Waals surface area contributed by atoms with Crippen LogP contribution >= 0.6 is 0 Å². The summed E-state index contributed by atoms with van der Waals surface area (Å²) in [4.78, 5) is 15.4. The summed E-state index contributed by atoms with van der Waals surface area (Å²) >= 11 is 0. The number of aliphatic hydroxyl groups excluding tert-OH is 2. The molecule has 196 valence electrons. The first-order chi connectivity index (χ1) is 18.4. The minimum Gasteiger partial charge on any atom is -0.493 e. The van der Waals surface area contributed by atoms with Crippen molar-refractivity contribution in [3.05, 3.63) is 83.3 Å². The first-order valence-corrected chi connectivity index (χ1v) is 12.7. The fourth-order valence-electron chi connectivity index (χ4n) is 5.20. The van der Waals surface area contributed by atoms with Crippen LogP contribution in [0.3, 0.4) is 0 Å². The molecule has 0 spiro atoms. The van der Waals surface area contributed by atoms with Gasteiger partial charge < -0.3 is 25.0 Å². The summed E-state index contributed by atoms with van der Waals surface area (Å²) in [5.74, 6) is -0.190. The number of aromatic nitrogens is 3. The van der Waals surface area contributed by atoms with Crippen LogP contribution in [0.1, 0.15) is 33.9 Å². The minimum absolute atomic E-state index is 0.173. The Hall–Kier alpha value is -4.14. The van der Waals surface area contributed by atoms with E-state index in [4.69, 9.17) is 4.74 Å². The first kappa shape index (κ1) is 25.5. The largest absolute Gasteiger partial charge is 0.493 e. The summed E-state index contributed by atoms with van der Waals surface area (Å²) < 4.78 is 7.77. The third kappa shape index (κ3) is 4.76. The van der Waals surface area contributed by atoms with Crippen LogP contribution in [0, 0.1) is 13.8 Å². The summed E-state index contributed by atoms with van der Waals surface area (Å²) in [5.41, 5.74) is 4.98. The molecule has 4 N–H and O–H groups in total. The van der Waals surface area contributed by atoms with Crippen LogP contribution in [0.15, 0.2) is 60.7 Å². The molecule has 5 rings (SSSR count). The van der Waals surface area contributed by atoms with Gasteiger partial charge in [0.15, 0.2) is 0 Å². The molecule has 1 unspecified atom stereocenters. The number of carbonyl (C=O) groups is 1. The van der Waals surface area contributed by atoms with E-state index in [-0.39, 0.29) is 18.8 Å². The summed E-state index contributed by atoms with van der Waals surface area (Å²) in [7, 11) is 0. The molecule has 8 heteroatoms. The molecule has 0 amide bonds. The number of carboxylic acid groups (broad SMARTS) is 1. The predicted molar refractivity (Wildman–Crippen MR) is 147 cm³/mol. The average molecular weight is 514 g/mol. The van der Waals surface area contributed by atoms with E-state index in [0.717, 1.165) is 55.5 Å². The van der Waals surface area contributed by atoms with Crippen LogP contribution in [0.5, 0.6) is 5.75 Å². The second-order valence-electron chi connectivity index (χ2n) is 9.51. The van der Waals surface area contributed by atoms with Crippen molar-refractivity contribution in [1.82, 2.24) is 14.8 Å². The zero-order valence-electron chi connectivity index (χ0n) is 21.4. The molecule has 38 heavy (non-hydrogen) atoms. The van der Waals surface area contributed by atoms with Crippen LogP contribution in [0.25, 0.3) is 32.8 Å². The number of rotatable bonds is 10. The van der Waals surface area contributed by atoms with Crippen molar-refractivity contribution in [2.45, 2.75) is 39.3 Å². The first-order valence-electron chi connectivity index (χ1n) is 12.7. The molecule has 0 aliphatic rings. The Morgan fingerprint density at radius 3 is 2.58 bits per heavy atom. The van der Waals surface area contributed by atoms with Gasteiger partial charge >= 0.3 is 5.97 Å². The standard InChI is InChI=1S/C30H31N3O5/c1-18-27(19(2)33(32-18)16-21(35)17-34)25-12-6-11-23-24(29(30(36)37)31-28(23)25)13-7-15-38-26-14-5-9-20-8-3-4-10-22(20)26/h3-6,8-12,14,21,31,34-35H,7,13,15-17H2,1-2H3,(H,36,37). The SMILES string of the molecule is Cc1nn(CC(O)CO)c(C)c1-c1cccc2c(CCCOc3cccc4ccccc34)c(C(=O)O)[nH]c12. The molecule has 0 aliphatic heterocycles. The number of aliphatic hydroxyl groups is 2. The maximum absolute atomic E-state index is 12.2. The topological polar surface area (TPSA) is 121 Å². The molecule has 0 bridgehead atoms. The lowest BCUT2D eigenvalue weighted by Gasteiger charge is -2.10. The van der Waals surface area contributed by atoms with E-state index >= 15 is 0 Å². The summed E-state index contributed by atoms with van der Waals surface area (Å²) in [5, 5.41) is 36.7. The fourth-order valence-corrected chi connectivity index (χ4v) is 5.20. The van der Waals surface area contributed by atoms with Gasteiger partial charge in [-0.05, 0) is 43.7 Å². The van der Waals surface area contributed by atoms with E-state index < -0.39 is 12.1 Å². The van der Waals surface area contributed by atoms with Crippen LogP contribution in [-0.2, 0) is 13.0 Å². The van der Waals surface area contributed by atoms with Crippen LogP contribution in [-0.4, -0.2) is 55.4 Å². The highest BCUT2D eigenvalue weighted by Crippen LogP contribution is 2.36. The molecular weight excluding hydrogens is 482 g/mol. The fraction of sp³-hybridized carbons (Fsp3) is 0.267. The van der Waals surface area contributed by atoms with Crippen molar-refractivity contribution in [2.75, 3.05) is 13.2 Å². The minimum atomic E-state index is -1.01. The number of benzene rings is 3. The van der Waals surface area contributed by atoms with Crippen LogP contribution in [0.2, 0.25) is 0 Å². The summed E-state index contributed by atoms with van der Waals surface area (Å²) in [6.45, 7) is 4.07. The monoisotopic (exact) mass is 513 g/mol. The van der Waals surface area contributed by atoms with E-state index in [0.29, 0.717) is 19.4 Å². The number of ether oxygens (including phenoxy) is 1. The molecule has 2 aromatic heterocycles. The van der Waals surface area contributed by atoms with Crippen LogP contribution in [0.4, 0.5) is 0 Å². The van der Waals surface area contributed by atoms with E-state index in [9.17, 15) is 20.1 Å². The van der Waals surface area contributed by atoms with Crippen molar-refractivity contribution >= 4 is 27.6 Å². The molecule has 2 heterocycles. The number of carboxylic acids is 1. The number of fused-ring (bicyclic) bond motifs is 2. The van der Waals surface area contributed by atoms with Gasteiger partial charge in [0.25, 0.3) is 0 Å². The van der Waals surface area contributed by atoms with E-state index in [1.54, 1.807) is 4.68 Å². The lowest BCUT2D eigenvalue weighted by atomic mass is 9.98. The van der Waals surface area contributed by atoms with Gasteiger partial charge in [0, 0.05) is 27.6 Å². The number of nitrogens with zero attached hydrogens (tertiary/aromatic N) is 2. The lowest BCUT2D eigenvalue weighted by Crippen LogP contribution is -2.21. The normalized spacial score (nSPS) is 12.3. The maximum Gasteiger partial charge on any atom is 0.352 e. The van der Waals surface area contributed by atoms with Crippen molar-refractivity contribution in [1.29, 1.82) is 0 Å². The van der Waals surface area contributed by atoms with E-state index in [1.165, 1.54) is 0 Å². The Morgan fingerprint density at radius 1 is 1.05 bits per heavy atom. The highest BCUT2D eigenvalue weighted by Gasteiger charge is 2.22. The highest BCUT2D eigenvalue weighted by atomic mass is 16.5. The second-order valence-corrected chi connectivity index (χ2v) is 9.51. The predicted octanol–water partition coefficient (Wildman–Crippen LogP) is 4.86. The molecule has 0 saturated carbocycles. The average Bonchev–Trinajstić information content (AvgIpc) is 3.43. The zero-order chi connectivity index (χ0) is 26.8. The molecule has 5 aromatic rings. The number of aromatic carboxylic acids is 1. The van der Waals surface area contributed by atoms with Gasteiger partial charge in [-0.25, -0.2) is 4.79 Å². The second kappa shape index (κ2) is 10.7. The lowest BCUT2D eigenvalue weighted by molar-refractivity contribution is 0.0690. The quantitative estimate of drug-likeness (QED) is 0.198. The van der Waals surface area contributed by atoms with Gasteiger partial charge in [-0.3, -0.25) is 4.68 Å². The Morgan fingerprint density at radius 2 is 1.79 bits per heavy atom. The van der Waals surface area contributed by atoms with Gasteiger partial charge in [-0.1, -0.05) is 54.6 Å². The highest BCUT2D eigenvalue weighted by molar-refractivity contribution is 6.03. The Kier molecular flexibility index (Phi) is 7.18. The van der Waals surface area contributed by atoms with Crippen molar-refractivity contribution in [2.24, 2.45) is 0 Å². The Labute approximate surface area is 220 Å². The Bertz CT molecular complexity index is 1610. The van der Waals surface area contributed by atoms with Crippen LogP contribution < -0.4 is 4.74 Å². The number of aryl methyl sites for hydroxylation is 2. The molecule has 3 aromatic carbocycles. The van der Waals surface area contributed by atoms with Crippen molar-refractivity contribution in [3.63, 3.8) is 0 Å². The molecule has 0 aliphatic carbocycles. The van der Waals surface area contributed by atoms with Gasteiger partial charge in [-0.2, -0.15) is 5.10 Å². The molecule has 1 atom stereocenters. The number of H-pyrrole nitrogens is 1. The molecule has 8 nitrogen and oxygen atoms in total. The molecule has 0 fully saturated rings. The van der Waals surface area contributed by atoms with Gasteiger partial charge in [0.05, 0.1) is 37.1 Å². The molecule has 0 saturated heterocycles. The number of hydrogen-bond acceptors (Lipinski definition) is 5. The summed E-state index contributed by atoms with van der Waals surface area (Å²) in [6.07, 6.45) is 0.273. The van der Waals surface area contributed by atoms with Gasteiger partial charge in [0.1, 0.15) is 11.4 Å². The Balaban J connectivity index is 1.43. The third-order valence-corrected chi connectivity index (χ3v) is 6.98. The maximum atomic E-state index is 12.2. The zero-order valence-corrected chi connectivity index (χ0v) is 21.4. The summed E-state index contributed by atoms with van der Waals surface area (Å²) in [6, 6.07) is 19.8. The number of para-hydroxylation sites is 1. The van der Waals surface area contributed by atoms with E-state index in [1.807, 2.05) is 74.5 Å². The molecular formula is C30H31N3O5. The number of aromatic amines is 1. The van der Waals surface area contributed by atoms with Gasteiger partial charge in [-0.15, -0.1) is 0 Å². The van der Waals surface area contributed by atoms with Crippen molar-refractivity contribution < 1.29 is 24.9 Å². The number of hydrogen-bond donors (Lipinski definition) is 4. The van der Waals surface area contributed by atoms with Crippen molar-refractivity contribution in [3.8, 4) is 16.9 Å².